The summed E-state index contributed by atoms with van der Waals surface area (Å²) < 4.78 is 4.53. The standard InChI is InChI=1S/C32H18N4/c1-34-22-14-16-32-28(18-22)26-10-3-5-12-30(26)36(32)24-8-6-7-23(19-24)35-29-11-4-2-9-25(29)27-17-21(20-33)13-15-31(27)35/h2-19H. The molecule has 2 aromatic heterocycles. The summed E-state index contributed by atoms with van der Waals surface area (Å²) in [6, 6.07) is 39.3. The van der Waals surface area contributed by atoms with Crippen LogP contribution in [0.25, 0.3) is 59.8 Å². The van der Waals surface area contributed by atoms with Gasteiger partial charge in [-0.3, -0.25) is 0 Å². The minimum Gasteiger partial charge on any atom is -0.309 e. The monoisotopic (exact) mass is 458 g/mol. The Morgan fingerprint density at radius 2 is 1.11 bits per heavy atom. The highest BCUT2D eigenvalue weighted by molar-refractivity contribution is 6.11. The molecule has 0 bridgehead atoms. The fourth-order valence-electron chi connectivity index (χ4n) is 5.40. The third kappa shape index (κ3) is 2.79. The van der Waals surface area contributed by atoms with Crippen molar-refractivity contribution < 1.29 is 0 Å². The Balaban J connectivity index is 1.53. The maximum atomic E-state index is 9.47. The van der Waals surface area contributed by atoms with Crippen molar-refractivity contribution in [1.82, 2.24) is 9.13 Å². The van der Waals surface area contributed by atoms with Crippen LogP contribution < -0.4 is 0 Å². The van der Waals surface area contributed by atoms with Crippen LogP contribution in [0, 0.1) is 17.9 Å². The summed E-state index contributed by atoms with van der Waals surface area (Å²) in [6.07, 6.45) is 0. The number of aromatic nitrogens is 2. The Morgan fingerprint density at radius 3 is 1.72 bits per heavy atom. The van der Waals surface area contributed by atoms with Crippen molar-refractivity contribution in [2.75, 3.05) is 0 Å². The predicted molar refractivity (Wildman–Crippen MR) is 146 cm³/mol. The van der Waals surface area contributed by atoms with E-state index in [9.17, 15) is 5.26 Å². The number of benzene rings is 5. The molecule has 0 N–H and O–H groups in total. The van der Waals surface area contributed by atoms with E-state index in [0.29, 0.717) is 11.3 Å². The molecule has 0 amide bonds. The fourth-order valence-corrected chi connectivity index (χ4v) is 5.40. The summed E-state index contributed by atoms with van der Waals surface area (Å²) >= 11 is 0. The van der Waals surface area contributed by atoms with E-state index in [1.807, 2.05) is 48.5 Å². The van der Waals surface area contributed by atoms with E-state index < -0.39 is 0 Å². The fraction of sp³-hybridized carbons (Fsp3) is 0. The van der Waals surface area contributed by atoms with Gasteiger partial charge in [-0.2, -0.15) is 5.26 Å². The zero-order chi connectivity index (χ0) is 24.2. The second-order valence-corrected chi connectivity index (χ2v) is 8.88. The van der Waals surface area contributed by atoms with E-state index in [-0.39, 0.29) is 0 Å². The molecule has 0 unspecified atom stereocenters. The summed E-state index contributed by atoms with van der Waals surface area (Å²) in [5, 5.41) is 13.9. The summed E-state index contributed by atoms with van der Waals surface area (Å²) in [6.45, 7) is 7.46. The van der Waals surface area contributed by atoms with E-state index in [0.717, 1.165) is 55.0 Å². The van der Waals surface area contributed by atoms with Gasteiger partial charge in [0.2, 0.25) is 0 Å². The molecule has 7 rings (SSSR count). The number of para-hydroxylation sites is 2. The highest BCUT2D eigenvalue weighted by Crippen LogP contribution is 2.36. The van der Waals surface area contributed by atoms with E-state index in [4.69, 9.17) is 6.57 Å². The minimum absolute atomic E-state index is 0.640. The van der Waals surface area contributed by atoms with Crippen LogP contribution in [-0.4, -0.2) is 9.13 Å². The molecule has 0 aliphatic carbocycles. The molecule has 166 valence electrons. The summed E-state index contributed by atoms with van der Waals surface area (Å²) in [4.78, 5) is 3.64. The van der Waals surface area contributed by atoms with Crippen LogP contribution >= 0.6 is 0 Å². The Labute approximate surface area is 207 Å². The lowest BCUT2D eigenvalue weighted by molar-refractivity contribution is 1.13. The molecule has 0 fully saturated rings. The molecule has 0 saturated carbocycles. The summed E-state index contributed by atoms with van der Waals surface area (Å²) in [7, 11) is 0. The van der Waals surface area contributed by atoms with Crippen LogP contribution in [0.4, 0.5) is 5.69 Å². The number of hydrogen-bond donors (Lipinski definition) is 0. The van der Waals surface area contributed by atoms with Gasteiger partial charge in [0.25, 0.3) is 0 Å². The van der Waals surface area contributed by atoms with E-state index in [1.54, 1.807) is 0 Å². The smallest absolute Gasteiger partial charge is 0.188 e. The van der Waals surface area contributed by atoms with Crippen LogP contribution in [0.5, 0.6) is 0 Å². The van der Waals surface area contributed by atoms with E-state index in [2.05, 4.69) is 80.7 Å². The average molecular weight is 459 g/mol. The van der Waals surface area contributed by atoms with Crippen LogP contribution in [0.2, 0.25) is 0 Å². The first-order valence-corrected chi connectivity index (χ1v) is 11.7. The van der Waals surface area contributed by atoms with Gasteiger partial charge in [0.15, 0.2) is 5.69 Å². The lowest BCUT2D eigenvalue weighted by atomic mass is 10.1. The summed E-state index contributed by atoms with van der Waals surface area (Å²) in [5.74, 6) is 0. The van der Waals surface area contributed by atoms with Crippen LogP contribution in [-0.2, 0) is 0 Å². The first-order chi connectivity index (χ1) is 17.8. The second-order valence-electron chi connectivity index (χ2n) is 8.88. The second kappa shape index (κ2) is 7.60. The lowest BCUT2D eigenvalue weighted by Crippen LogP contribution is -1.98. The molecule has 4 heteroatoms. The first-order valence-electron chi connectivity index (χ1n) is 11.7. The molecule has 0 atom stereocenters. The van der Waals surface area contributed by atoms with Crippen LogP contribution in [0.3, 0.4) is 0 Å². The zero-order valence-electron chi connectivity index (χ0n) is 19.2. The van der Waals surface area contributed by atoms with Crippen molar-refractivity contribution in [3.8, 4) is 17.4 Å². The quantitative estimate of drug-likeness (QED) is 0.240. The van der Waals surface area contributed by atoms with Gasteiger partial charge in [-0.05, 0) is 66.0 Å². The number of hydrogen-bond acceptors (Lipinski definition) is 1. The van der Waals surface area contributed by atoms with Gasteiger partial charge >= 0.3 is 0 Å². The van der Waals surface area contributed by atoms with Gasteiger partial charge in [0.1, 0.15) is 0 Å². The molecule has 7 aromatic rings. The van der Waals surface area contributed by atoms with Crippen molar-refractivity contribution in [3.05, 3.63) is 126 Å². The zero-order valence-corrected chi connectivity index (χ0v) is 19.2. The third-order valence-electron chi connectivity index (χ3n) is 6.93. The molecule has 0 saturated heterocycles. The van der Waals surface area contributed by atoms with Gasteiger partial charge in [-0.1, -0.05) is 48.5 Å². The first kappa shape index (κ1) is 20.1. The van der Waals surface area contributed by atoms with Crippen molar-refractivity contribution in [1.29, 1.82) is 5.26 Å². The number of fused-ring (bicyclic) bond motifs is 6. The Morgan fingerprint density at radius 1 is 0.556 bits per heavy atom. The largest absolute Gasteiger partial charge is 0.309 e. The maximum absolute atomic E-state index is 9.47. The molecule has 4 nitrogen and oxygen atoms in total. The Kier molecular flexibility index (Phi) is 4.24. The predicted octanol–water partition coefficient (Wildman–Crippen LogP) is 8.30. The molecule has 0 radical (unpaired) electrons. The number of rotatable bonds is 2. The lowest BCUT2D eigenvalue weighted by Gasteiger charge is -2.13. The van der Waals surface area contributed by atoms with Gasteiger partial charge in [-0.25, -0.2) is 4.85 Å². The molecule has 36 heavy (non-hydrogen) atoms. The minimum atomic E-state index is 0.640. The SMILES string of the molecule is [C-]#[N+]c1ccc2c(c1)c1ccccc1n2-c1cccc(-n2c3ccccc3c3cc(C#N)ccc32)c1. The topological polar surface area (TPSA) is 38.0 Å². The molecule has 0 aliphatic rings. The highest BCUT2D eigenvalue weighted by Gasteiger charge is 2.16. The third-order valence-corrected chi connectivity index (χ3v) is 6.93. The van der Waals surface area contributed by atoms with Crippen molar-refractivity contribution in [2.45, 2.75) is 0 Å². The van der Waals surface area contributed by atoms with Gasteiger partial charge < -0.3 is 9.13 Å². The van der Waals surface area contributed by atoms with Crippen LogP contribution in [0.1, 0.15) is 5.56 Å². The Bertz CT molecular complexity index is 1930. The molecular weight excluding hydrogens is 440 g/mol. The number of nitriles is 1. The maximum Gasteiger partial charge on any atom is 0.188 e. The molecule has 0 aliphatic heterocycles. The van der Waals surface area contributed by atoms with Crippen molar-refractivity contribution >= 4 is 49.3 Å². The number of nitrogens with zero attached hydrogens (tertiary/aromatic N) is 4. The normalized spacial score (nSPS) is 11.3. The van der Waals surface area contributed by atoms with E-state index >= 15 is 0 Å². The highest BCUT2D eigenvalue weighted by atomic mass is 15.0. The van der Waals surface area contributed by atoms with Crippen molar-refractivity contribution in [2.24, 2.45) is 0 Å². The van der Waals surface area contributed by atoms with Gasteiger partial charge in [-0.15, -0.1) is 0 Å². The Hall–Kier alpha value is -5.32. The molecular formula is C32H18N4. The van der Waals surface area contributed by atoms with Crippen molar-refractivity contribution in [3.63, 3.8) is 0 Å². The van der Waals surface area contributed by atoms with Gasteiger partial charge in [0, 0.05) is 27.5 Å². The summed E-state index contributed by atoms with van der Waals surface area (Å²) in [5.41, 5.74) is 7.74. The average Bonchev–Trinajstić information content (AvgIpc) is 3.45. The molecule has 5 aromatic carbocycles. The van der Waals surface area contributed by atoms with Gasteiger partial charge in [0.05, 0.1) is 40.3 Å². The van der Waals surface area contributed by atoms with E-state index in [1.165, 1.54) is 0 Å². The van der Waals surface area contributed by atoms with Crippen LogP contribution in [0.15, 0.2) is 109 Å². The molecule has 2 heterocycles. The molecule has 0 spiro atoms.